The fourth-order valence-electron chi connectivity index (χ4n) is 1.21. The molecule has 0 N–H and O–H groups in total. The monoisotopic (exact) mass is 262 g/mol. The van der Waals surface area contributed by atoms with Crippen LogP contribution in [0.2, 0.25) is 10.0 Å². The maximum atomic E-state index is 11.3. The van der Waals surface area contributed by atoms with Crippen molar-refractivity contribution in [2.45, 2.75) is 30.4 Å². The molecule has 0 aliphatic rings. The van der Waals surface area contributed by atoms with Crippen LogP contribution in [0.1, 0.15) is 20.3 Å². The molecule has 0 aliphatic carbocycles. The van der Waals surface area contributed by atoms with Crippen molar-refractivity contribution in [2.24, 2.45) is 0 Å². The zero-order valence-electron chi connectivity index (χ0n) is 8.59. The Morgan fingerprint density at radius 1 is 1.33 bits per heavy atom. The number of carbonyl (C=O) groups is 1. The molecule has 0 bridgehead atoms. The number of hydrogen-bond donors (Lipinski definition) is 0. The molecule has 0 heterocycles. The molecule has 0 saturated heterocycles. The van der Waals surface area contributed by atoms with Crippen LogP contribution in [0.5, 0.6) is 0 Å². The van der Waals surface area contributed by atoms with Gasteiger partial charge in [0.05, 0.1) is 5.25 Å². The molecule has 15 heavy (non-hydrogen) atoms. The van der Waals surface area contributed by atoms with Crippen LogP contribution < -0.4 is 0 Å². The van der Waals surface area contributed by atoms with Gasteiger partial charge in [0, 0.05) is 14.9 Å². The van der Waals surface area contributed by atoms with Gasteiger partial charge in [0.1, 0.15) is 5.78 Å². The fraction of sp³-hybridized carbons (Fsp3) is 0.364. The number of hydrogen-bond acceptors (Lipinski definition) is 2. The summed E-state index contributed by atoms with van der Waals surface area (Å²) in [6.45, 7) is 3.60. The van der Waals surface area contributed by atoms with E-state index in [0.29, 0.717) is 10.0 Å². The molecule has 1 aromatic rings. The quantitative estimate of drug-likeness (QED) is 0.746. The zero-order valence-corrected chi connectivity index (χ0v) is 10.9. The van der Waals surface area contributed by atoms with Gasteiger partial charge in [-0.15, -0.1) is 11.8 Å². The second kappa shape index (κ2) is 5.78. The highest BCUT2D eigenvalue weighted by atomic mass is 35.5. The number of ketones is 1. The number of benzene rings is 1. The number of thioether (sulfide) groups is 1. The summed E-state index contributed by atoms with van der Waals surface area (Å²) in [4.78, 5) is 12.2. The first-order valence-electron chi connectivity index (χ1n) is 4.66. The van der Waals surface area contributed by atoms with Gasteiger partial charge in [-0.05, 0) is 31.5 Å². The first-order chi connectivity index (χ1) is 7.02. The van der Waals surface area contributed by atoms with E-state index in [2.05, 4.69) is 0 Å². The maximum absolute atomic E-state index is 11.3. The molecule has 0 spiro atoms. The molecule has 1 nitrogen and oxygen atoms in total. The lowest BCUT2D eigenvalue weighted by molar-refractivity contribution is -0.116. The lowest BCUT2D eigenvalue weighted by atomic mass is 10.2. The summed E-state index contributed by atoms with van der Waals surface area (Å²) in [6, 6.07) is 5.33. The first kappa shape index (κ1) is 12.9. The average Bonchev–Trinajstić information content (AvgIpc) is 2.12. The number of rotatable bonds is 4. The fourth-order valence-corrected chi connectivity index (χ4v) is 2.92. The molecular formula is C11H12Cl2OS. The minimum Gasteiger partial charge on any atom is -0.299 e. The highest BCUT2D eigenvalue weighted by Crippen LogP contribution is 2.30. The Labute approximate surface area is 104 Å². The summed E-state index contributed by atoms with van der Waals surface area (Å²) < 4.78 is 0. The van der Waals surface area contributed by atoms with Crippen molar-refractivity contribution in [3.8, 4) is 0 Å². The number of halogens is 2. The molecule has 0 fully saturated rings. The van der Waals surface area contributed by atoms with Crippen LogP contribution in [0.15, 0.2) is 23.1 Å². The van der Waals surface area contributed by atoms with Crippen LogP contribution in [0, 0.1) is 0 Å². The van der Waals surface area contributed by atoms with E-state index in [0.717, 1.165) is 11.3 Å². The highest BCUT2D eigenvalue weighted by molar-refractivity contribution is 8.00. The summed E-state index contributed by atoms with van der Waals surface area (Å²) in [7, 11) is 0. The first-order valence-corrected chi connectivity index (χ1v) is 6.29. The maximum Gasteiger partial charge on any atom is 0.143 e. The van der Waals surface area contributed by atoms with Crippen molar-refractivity contribution in [3.05, 3.63) is 28.2 Å². The van der Waals surface area contributed by atoms with Crippen LogP contribution >= 0.6 is 35.0 Å². The molecule has 0 radical (unpaired) electrons. The normalized spacial score (nSPS) is 12.5. The Morgan fingerprint density at radius 2 is 1.87 bits per heavy atom. The Hall–Kier alpha value is -0.180. The Balaban J connectivity index is 2.83. The van der Waals surface area contributed by atoms with Gasteiger partial charge < -0.3 is 0 Å². The van der Waals surface area contributed by atoms with Gasteiger partial charge in [-0.25, -0.2) is 0 Å². The minimum atomic E-state index is -0.0143. The molecular weight excluding hydrogens is 251 g/mol. The molecule has 1 aromatic carbocycles. The summed E-state index contributed by atoms with van der Waals surface area (Å²) in [6.07, 6.45) is 0.810. The summed E-state index contributed by atoms with van der Waals surface area (Å²) in [5.74, 6) is 0.179. The average molecular weight is 263 g/mol. The minimum absolute atomic E-state index is 0.0143. The smallest absolute Gasteiger partial charge is 0.143 e. The molecule has 82 valence electrons. The molecule has 0 aliphatic heterocycles. The molecule has 0 amide bonds. The molecule has 1 atom stereocenters. The Bertz CT molecular complexity index is 345. The predicted octanol–water partition coefficient (Wildman–Crippen LogP) is 4.45. The van der Waals surface area contributed by atoms with Crippen molar-refractivity contribution in [1.29, 1.82) is 0 Å². The van der Waals surface area contributed by atoms with Crippen LogP contribution in [0.25, 0.3) is 0 Å². The van der Waals surface area contributed by atoms with Gasteiger partial charge in [0.15, 0.2) is 0 Å². The second-order valence-corrected chi connectivity index (χ2v) is 5.38. The van der Waals surface area contributed by atoms with E-state index < -0.39 is 0 Å². The van der Waals surface area contributed by atoms with E-state index in [4.69, 9.17) is 23.2 Å². The van der Waals surface area contributed by atoms with Crippen molar-refractivity contribution < 1.29 is 4.79 Å². The molecule has 1 unspecified atom stereocenters. The van der Waals surface area contributed by atoms with E-state index in [1.165, 1.54) is 11.8 Å². The highest BCUT2D eigenvalue weighted by Gasteiger charge is 2.13. The van der Waals surface area contributed by atoms with Gasteiger partial charge in [-0.3, -0.25) is 4.79 Å². The predicted molar refractivity (Wildman–Crippen MR) is 67.1 cm³/mol. The Kier molecular flexibility index (Phi) is 4.97. The van der Waals surface area contributed by atoms with Crippen molar-refractivity contribution in [2.75, 3.05) is 0 Å². The van der Waals surface area contributed by atoms with Crippen molar-refractivity contribution >= 4 is 40.7 Å². The van der Waals surface area contributed by atoms with E-state index in [1.54, 1.807) is 13.0 Å². The SMILES string of the molecule is CCC(Sc1cc(Cl)cc(Cl)c1)C(C)=O. The third kappa shape index (κ3) is 4.06. The van der Waals surface area contributed by atoms with E-state index in [9.17, 15) is 4.79 Å². The van der Waals surface area contributed by atoms with Gasteiger partial charge in [0.25, 0.3) is 0 Å². The topological polar surface area (TPSA) is 17.1 Å². The lowest BCUT2D eigenvalue weighted by Crippen LogP contribution is -2.11. The van der Waals surface area contributed by atoms with E-state index >= 15 is 0 Å². The standard InChI is InChI=1S/C11H12Cl2OS/c1-3-11(7(2)14)15-10-5-8(12)4-9(13)6-10/h4-6,11H,3H2,1-2H3. The lowest BCUT2D eigenvalue weighted by Gasteiger charge is -2.11. The van der Waals surface area contributed by atoms with E-state index in [-0.39, 0.29) is 11.0 Å². The van der Waals surface area contributed by atoms with Crippen molar-refractivity contribution in [3.63, 3.8) is 0 Å². The third-order valence-electron chi connectivity index (χ3n) is 1.94. The third-order valence-corrected chi connectivity index (χ3v) is 3.83. The molecule has 0 saturated carbocycles. The zero-order chi connectivity index (χ0) is 11.4. The van der Waals surface area contributed by atoms with Gasteiger partial charge >= 0.3 is 0 Å². The summed E-state index contributed by atoms with van der Waals surface area (Å²) in [5, 5.41) is 1.19. The van der Waals surface area contributed by atoms with Gasteiger partial charge in [-0.1, -0.05) is 30.1 Å². The van der Waals surface area contributed by atoms with Gasteiger partial charge in [-0.2, -0.15) is 0 Å². The van der Waals surface area contributed by atoms with Crippen LogP contribution in [0.3, 0.4) is 0 Å². The van der Waals surface area contributed by atoms with Crippen molar-refractivity contribution in [1.82, 2.24) is 0 Å². The summed E-state index contributed by atoms with van der Waals surface area (Å²) in [5.41, 5.74) is 0. The number of Topliss-reactive ketones (excluding diaryl/α,β-unsaturated/α-hetero) is 1. The van der Waals surface area contributed by atoms with E-state index in [1.807, 2.05) is 19.1 Å². The summed E-state index contributed by atoms with van der Waals surface area (Å²) >= 11 is 13.3. The largest absolute Gasteiger partial charge is 0.299 e. The molecule has 0 aromatic heterocycles. The van der Waals surface area contributed by atoms with Crippen LogP contribution in [0.4, 0.5) is 0 Å². The van der Waals surface area contributed by atoms with Gasteiger partial charge in [0.2, 0.25) is 0 Å². The molecule has 4 heteroatoms. The molecule has 1 rings (SSSR count). The van der Waals surface area contributed by atoms with Crippen LogP contribution in [-0.2, 0) is 4.79 Å². The van der Waals surface area contributed by atoms with Crippen LogP contribution in [-0.4, -0.2) is 11.0 Å². The number of carbonyl (C=O) groups excluding carboxylic acids is 1. The Morgan fingerprint density at radius 3 is 2.27 bits per heavy atom. The second-order valence-electron chi connectivity index (χ2n) is 3.23.